The summed E-state index contributed by atoms with van der Waals surface area (Å²) in [6, 6.07) is 0. The average molecular weight is 339 g/mol. The Labute approximate surface area is 149 Å². The second-order valence-corrected chi connectivity index (χ2v) is 6.13. The van der Waals surface area contributed by atoms with E-state index in [9.17, 15) is 9.59 Å². The Bertz CT molecular complexity index is 376. The number of hydrogen-bond acceptors (Lipinski definition) is 2. The van der Waals surface area contributed by atoms with E-state index in [2.05, 4.69) is 20.4 Å². The van der Waals surface area contributed by atoms with Crippen molar-refractivity contribution in [1.29, 1.82) is 0 Å². The zero-order chi connectivity index (χ0) is 18.8. The van der Waals surface area contributed by atoms with Gasteiger partial charge in [-0.2, -0.15) is 0 Å². The minimum absolute atomic E-state index is 0.0199. The molecule has 2 amide bonds. The van der Waals surface area contributed by atoms with E-state index in [1.54, 1.807) is 11.8 Å². The molecule has 0 aliphatic heterocycles. The Balaban J connectivity index is 0. The lowest BCUT2D eigenvalue weighted by molar-refractivity contribution is -0.124. The smallest absolute Gasteiger partial charge is 0.245 e. The second-order valence-electron chi connectivity index (χ2n) is 6.13. The van der Waals surface area contributed by atoms with Crippen LogP contribution in [0.1, 0.15) is 78.6 Å². The highest BCUT2D eigenvalue weighted by molar-refractivity contribution is 5.91. The minimum Gasteiger partial charge on any atom is -0.366 e. The molecule has 4 heteroatoms. The van der Waals surface area contributed by atoms with E-state index in [0.717, 1.165) is 19.4 Å². The molecule has 0 saturated heterocycles. The molecule has 0 spiro atoms. The molecule has 0 aromatic heterocycles. The molecule has 0 fully saturated rings. The van der Waals surface area contributed by atoms with E-state index in [0.29, 0.717) is 5.57 Å². The summed E-state index contributed by atoms with van der Waals surface area (Å²) in [5.41, 5.74) is 5.76. The molecule has 0 heterocycles. The van der Waals surface area contributed by atoms with Crippen LogP contribution in [0.3, 0.4) is 0 Å². The van der Waals surface area contributed by atoms with Gasteiger partial charge in [-0.3, -0.25) is 9.59 Å². The lowest BCUT2D eigenvalue weighted by Gasteiger charge is -2.14. The fourth-order valence-electron chi connectivity index (χ4n) is 2.03. The van der Waals surface area contributed by atoms with Gasteiger partial charge in [-0.05, 0) is 32.3 Å². The van der Waals surface area contributed by atoms with Crippen LogP contribution in [0, 0.1) is 0 Å². The number of allylic oxidation sites excluding steroid dienone is 1. The molecule has 24 heavy (non-hydrogen) atoms. The van der Waals surface area contributed by atoms with Crippen LogP contribution < -0.4 is 5.73 Å². The van der Waals surface area contributed by atoms with Crippen molar-refractivity contribution < 1.29 is 9.59 Å². The van der Waals surface area contributed by atoms with Gasteiger partial charge < -0.3 is 10.6 Å². The summed E-state index contributed by atoms with van der Waals surface area (Å²) in [7, 11) is 1.82. The summed E-state index contributed by atoms with van der Waals surface area (Å²) >= 11 is 0. The molecule has 0 aromatic carbocycles. The van der Waals surface area contributed by atoms with Crippen molar-refractivity contribution in [3.05, 3.63) is 24.3 Å². The van der Waals surface area contributed by atoms with Crippen LogP contribution in [0.25, 0.3) is 0 Å². The molecule has 4 nitrogen and oxygen atoms in total. The first-order valence-electron chi connectivity index (χ1n) is 9.24. The lowest BCUT2D eigenvalue weighted by Crippen LogP contribution is -2.25. The van der Waals surface area contributed by atoms with Crippen molar-refractivity contribution in [3.8, 4) is 0 Å². The standard InChI is InChI=1S/2C10H19NO/c1-4-6-7-8-9-11(3)10(12)5-2;1-3-4-5-6-7-8-9(2)10(11)12/h5H,2,4,6-9H2,1,3H3;8H,3-7H2,1-2H3,(H2,11,12). The number of carbonyl (C=O) groups excluding carboxylic acids is 2. The number of likely N-dealkylation sites (N-methyl/N-ethyl adjacent to an activating group) is 1. The monoisotopic (exact) mass is 338 g/mol. The van der Waals surface area contributed by atoms with Crippen molar-refractivity contribution in [1.82, 2.24) is 4.90 Å². The molecule has 0 rings (SSSR count). The molecule has 0 unspecified atom stereocenters. The van der Waals surface area contributed by atoms with Gasteiger partial charge >= 0.3 is 0 Å². The molecule has 0 aliphatic carbocycles. The summed E-state index contributed by atoms with van der Waals surface area (Å²) in [5.74, 6) is -0.281. The number of amides is 2. The van der Waals surface area contributed by atoms with Gasteiger partial charge in [-0.1, -0.05) is 65.0 Å². The Hall–Kier alpha value is -1.58. The Morgan fingerprint density at radius 1 is 1.00 bits per heavy atom. The van der Waals surface area contributed by atoms with E-state index in [-0.39, 0.29) is 11.8 Å². The van der Waals surface area contributed by atoms with E-state index in [4.69, 9.17) is 5.73 Å². The average Bonchev–Trinajstić information content (AvgIpc) is 2.57. The first-order chi connectivity index (χ1) is 11.4. The number of nitrogens with two attached hydrogens (primary N) is 1. The zero-order valence-electron chi connectivity index (χ0n) is 16.3. The van der Waals surface area contributed by atoms with Crippen LogP contribution in [0.4, 0.5) is 0 Å². The van der Waals surface area contributed by atoms with Crippen LogP contribution in [0.2, 0.25) is 0 Å². The van der Waals surface area contributed by atoms with Gasteiger partial charge in [0.1, 0.15) is 0 Å². The van der Waals surface area contributed by atoms with Gasteiger partial charge in [0.05, 0.1) is 0 Å². The zero-order valence-corrected chi connectivity index (χ0v) is 16.3. The SMILES string of the molecule is C=CC(=O)N(C)CCCCCC.CCCCCCC=C(C)C(N)=O. The van der Waals surface area contributed by atoms with Gasteiger partial charge in [0.2, 0.25) is 11.8 Å². The molecule has 0 saturated carbocycles. The van der Waals surface area contributed by atoms with Gasteiger partial charge in [0.25, 0.3) is 0 Å². The molecule has 0 aromatic rings. The summed E-state index contributed by atoms with van der Waals surface area (Å²) in [6.45, 7) is 10.4. The first-order valence-corrected chi connectivity index (χ1v) is 9.24. The van der Waals surface area contributed by atoms with Crippen molar-refractivity contribution in [2.45, 2.75) is 78.6 Å². The third-order valence-corrected chi connectivity index (χ3v) is 3.79. The number of nitrogens with zero attached hydrogens (tertiary/aromatic N) is 1. The minimum atomic E-state index is -0.300. The molecule has 0 bridgehead atoms. The molecule has 0 aliphatic rings. The fourth-order valence-corrected chi connectivity index (χ4v) is 2.03. The van der Waals surface area contributed by atoms with Gasteiger partial charge in [-0.15, -0.1) is 0 Å². The largest absolute Gasteiger partial charge is 0.366 e. The fraction of sp³-hybridized carbons (Fsp3) is 0.700. The van der Waals surface area contributed by atoms with Gasteiger partial charge in [-0.25, -0.2) is 0 Å². The van der Waals surface area contributed by atoms with E-state index in [1.165, 1.54) is 51.0 Å². The normalized spacial score (nSPS) is 10.6. The van der Waals surface area contributed by atoms with E-state index >= 15 is 0 Å². The summed E-state index contributed by atoms with van der Waals surface area (Å²) < 4.78 is 0. The third kappa shape index (κ3) is 16.8. The summed E-state index contributed by atoms with van der Waals surface area (Å²) in [4.78, 5) is 23.3. The Morgan fingerprint density at radius 2 is 1.54 bits per heavy atom. The number of carbonyl (C=O) groups is 2. The Kier molecular flexibility index (Phi) is 18.3. The maximum Gasteiger partial charge on any atom is 0.245 e. The van der Waals surface area contributed by atoms with Crippen LogP contribution >= 0.6 is 0 Å². The maximum atomic E-state index is 11.0. The maximum absolute atomic E-state index is 11.0. The van der Waals surface area contributed by atoms with Crippen LogP contribution in [0.5, 0.6) is 0 Å². The molecule has 0 atom stereocenters. The summed E-state index contributed by atoms with van der Waals surface area (Å²) in [5, 5.41) is 0. The Morgan fingerprint density at radius 3 is 2.00 bits per heavy atom. The molecule has 2 N–H and O–H groups in total. The highest BCUT2D eigenvalue weighted by Crippen LogP contribution is 2.04. The highest BCUT2D eigenvalue weighted by atomic mass is 16.2. The quantitative estimate of drug-likeness (QED) is 0.417. The van der Waals surface area contributed by atoms with Crippen molar-refractivity contribution in [2.24, 2.45) is 5.73 Å². The molecular weight excluding hydrogens is 300 g/mol. The van der Waals surface area contributed by atoms with Crippen molar-refractivity contribution >= 4 is 11.8 Å². The third-order valence-electron chi connectivity index (χ3n) is 3.79. The van der Waals surface area contributed by atoms with Crippen LogP contribution in [-0.2, 0) is 9.59 Å². The number of rotatable bonds is 12. The van der Waals surface area contributed by atoms with Crippen molar-refractivity contribution in [3.63, 3.8) is 0 Å². The molecule has 140 valence electrons. The van der Waals surface area contributed by atoms with Gasteiger partial charge in [0.15, 0.2) is 0 Å². The van der Waals surface area contributed by atoms with Crippen molar-refractivity contribution in [2.75, 3.05) is 13.6 Å². The number of primary amides is 1. The van der Waals surface area contributed by atoms with Crippen LogP contribution in [0.15, 0.2) is 24.3 Å². The summed E-state index contributed by atoms with van der Waals surface area (Å²) in [6.07, 6.45) is 14.0. The predicted octanol–water partition coefficient (Wildman–Crippen LogP) is 4.60. The molecule has 0 radical (unpaired) electrons. The highest BCUT2D eigenvalue weighted by Gasteiger charge is 2.01. The number of unbranched alkanes of at least 4 members (excludes halogenated alkanes) is 7. The molecular formula is C20H38N2O2. The topological polar surface area (TPSA) is 63.4 Å². The van der Waals surface area contributed by atoms with Crippen LogP contribution in [-0.4, -0.2) is 30.3 Å². The first kappa shape index (κ1) is 24.7. The predicted molar refractivity (Wildman–Crippen MR) is 104 cm³/mol. The lowest BCUT2D eigenvalue weighted by atomic mass is 10.1. The van der Waals surface area contributed by atoms with Gasteiger partial charge in [0, 0.05) is 19.2 Å². The van der Waals surface area contributed by atoms with E-state index in [1.807, 2.05) is 13.1 Å². The number of hydrogen-bond donors (Lipinski definition) is 1. The van der Waals surface area contributed by atoms with E-state index < -0.39 is 0 Å². The second kappa shape index (κ2) is 17.8.